The average molecular weight is 286 g/mol. The second-order valence-electron chi connectivity index (χ2n) is 6.14. The Hall–Kier alpha value is -1.59. The second kappa shape index (κ2) is 5.31. The van der Waals surface area contributed by atoms with Crippen LogP contribution >= 0.6 is 0 Å². The molecule has 2 aliphatic rings. The fourth-order valence-electron chi connectivity index (χ4n) is 3.54. The molecule has 4 rings (SSSR count). The van der Waals surface area contributed by atoms with Gasteiger partial charge in [-0.05, 0) is 37.0 Å². The molecule has 2 heterocycles. The van der Waals surface area contributed by atoms with Crippen LogP contribution in [0.4, 0.5) is 5.69 Å². The summed E-state index contributed by atoms with van der Waals surface area (Å²) in [6.45, 7) is 3.06. The van der Waals surface area contributed by atoms with Crippen LogP contribution in [-0.2, 0) is 4.74 Å². The van der Waals surface area contributed by atoms with Crippen LogP contribution in [0.1, 0.15) is 12.8 Å². The molecule has 1 saturated heterocycles. The first-order valence-electron chi connectivity index (χ1n) is 7.80. The Morgan fingerprint density at radius 1 is 1.38 bits per heavy atom. The summed E-state index contributed by atoms with van der Waals surface area (Å²) in [7, 11) is 1.86. The maximum absolute atomic E-state index is 5.84. The highest BCUT2D eigenvalue weighted by Gasteiger charge is 2.40. The van der Waals surface area contributed by atoms with Gasteiger partial charge in [0.2, 0.25) is 0 Å². The molecule has 1 aliphatic carbocycles. The molecule has 5 nitrogen and oxygen atoms in total. The highest BCUT2D eigenvalue weighted by atomic mass is 16.5. The third kappa shape index (κ3) is 2.40. The molecule has 5 heteroatoms. The lowest BCUT2D eigenvalue weighted by Gasteiger charge is -2.42. The molecule has 2 unspecified atom stereocenters. The predicted octanol–water partition coefficient (Wildman–Crippen LogP) is 1.77. The van der Waals surface area contributed by atoms with Crippen molar-refractivity contribution in [2.24, 2.45) is 5.92 Å². The third-order valence-corrected chi connectivity index (χ3v) is 4.78. The van der Waals surface area contributed by atoms with E-state index in [2.05, 4.69) is 38.6 Å². The fourth-order valence-corrected chi connectivity index (χ4v) is 3.54. The summed E-state index contributed by atoms with van der Waals surface area (Å²) in [4.78, 5) is 2.51. The van der Waals surface area contributed by atoms with Crippen molar-refractivity contribution in [1.29, 1.82) is 0 Å². The lowest BCUT2D eigenvalue weighted by Crippen LogP contribution is -2.57. The number of hydrogen-bond acceptors (Lipinski definition) is 4. The molecule has 1 aromatic heterocycles. The van der Waals surface area contributed by atoms with Gasteiger partial charge in [0.25, 0.3) is 0 Å². The molecule has 0 radical (unpaired) electrons. The number of piperazine rings is 1. The molecule has 112 valence electrons. The number of nitrogens with zero attached hydrogens (tertiary/aromatic N) is 2. The van der Waals surface area contributed by atoms with Gasteiger partial charge in [-0.3, -0.25) is 5.10 Å². The van der Waals surface area contributed by atoms with Gasteiger partial charge in [-0.25, -0.2) is 0 Å². The Morgan fingerprint density at radius 3 is 3.10 bits per heavy atom. The number of anilines is 1. The average Bonchev–Trinajstić information content (AvgIpc) is 3.25. The van der Waals surface area contributed by atoms with Crippen LogP contribution in [0.5, 0.6) is 0 Å². The molecule has 0 bridgehead atoms. The number of H-pyrrole nitrogens is 1. The van der Waals surface area contributed by atoms with Gasteiger partial charge in [0.05, 0.1) is 23.9 Å². The molecule has 2 fully saturated rings. The van der Waals surface area contributed by atoms with Gasteiger partial charge in [-0.2, -0.15) is 5.10 Å². The predicted molar refractivity (Wildman–Crippen MR) is 83.6 cm³/mol. The SMILES string of the molecule is COC(C1CC1)C1CNCCN1c1ccc2[nH]ncc2c1. The molecule has 21 heavy (non-hydrogen) atoms. The Balaban J connectivity index is 1.65. The number of hydrogen-bond donors (Lipinski definition) is 2. The van der Waals surface area contributed by atoms with E-state index in [4.69, 9.17) is 4.74 Å². The van der Waals surface area contributed by atoms with E-state index in [1.807, 2.05) is 13.3 Å². The lowest BCUT2D eigenvalue weighted by atomic mass is 10.0. The van der Waals surface area contributed by atoms with E-state index in [0.717, 1.165) is 31.1 Å². The van der Waals surface area contributed by atoms with E-state index in [-0.39, 0.29) is 0 Å². The van der Waals surface area contributed by atoms with Gasteiger partial charge in [-0.15, -0.1) is 0 Å². The van der Waals surface area contributed by atoms with Crippen molar-refractivity contribution in [3.8, 4) is 0 Å². The standard InChI is InChI=1S/C16H22N4O/c1-21-16(11-2-3-11)15-10-17-6-7-20(15)13-4-5-14-12(8-13)9-18-19-14/h4-5,8-9,11,15-17H,2-3,6-7,10H2,1H3,(H,18,19). The van der Waals surface area contributed by atoms with E-state index in [0.29, 0.717) is 12.1 Å². The second-order valence-corrected chi connectivity index (χ2v) is 6.14. The van der Waals surface area contributed by atoms with Crippen molar-refractivity contribution in [3.05, 3.63) is 24.4 Å². The topological polar surface area (TPSA) is 53.2 Å². The van der Waals surface area contributed by atoms with Gasteiger partial charge in [0.15, 0.2) is 0 Å². The largest absolute Gasteiger partial charge is 0.379 e. The number of rotatable bonds is 4. The molecule has 0 amide bonds. The number of methoxy groups -OCH3 is 1. The van der Waals surface area contributed by atoms with Crippen LogP contribution in [0.3, 0.4) is 0 Å². The van der Waals surface area contributed by atoms with Crippen molar-refractivity contribution in [2.45, 2.75) is 25.0 Å². The number of aromatic amines is 1. The number of aromatic nitrogens is 2. The van der Waals surface area contributed by atoms with Crippen LogP contribution < -0.4 is 10.2 Å². The molecule has 2 aromatic rings. The van der Waals surface area contributed by atoms with Crippen molar-refractivity contribution in [2.75, 3.05) is 31.6 Å². The fraction of sp³-hybridized carbons (Fsp3) is 0.562. The zero-order valence-corrected chi connectivity index (χ0v) is 12.4. The van der Waals surface area contributed by atoms with Crippen molar-refractivity contribution < 1.29 is 4.74 Å². The molecule has 0 spiro atoms. The minimum atomic E-state index is 0.331. The van der Waals surface area contributed by atoms with Gasteiger partial charge < -0.3 is 15.0 Å². The summed E-state index contributed by atoms with van der Waals surface area (Å²) < 4.78 is 5.84. The number of ether oxygens (including phenoxy) is 1. The Labute approximate surface area is 124 Å². The molecule has 1 saturated carbocycles. The van der Waals surface area contributed by atoms with Crippen molar-refractivity contribution in [1.82, 2.24) is 15.5 Å². The monoisotopic (exact) mass is 286 g/mol. The summed E-state index contributed by atoms with van der Waals surface area (Å²) in [6.07, 6.45) is 4.84. The van der Waals surface area contributed by atoms with Crippen molar-refractivity contribution in [3.63, 3.8) is 0 Å². The molecule has 1 aliphatic heterocycles. The van der Waals surface area contributed by atoms with Crippen molar-refractivity contribution >= 4 is 16.6 Å². The van der Waals surface area contributed by atoms with Gasteiger partial charge in [0.1, 0.15) is 0 Å². The number of nitrogens with one attached hydrogen (secondary N) is 2. The van der Waals surface area contributed by atoms with Crippen LogP contribution in [-0.4, -0.2) is 49.1 Å². The third-order valence-electron chi connectivity index (χ3n) is 4.78. The first-order chi connectivity index (χ1) is 10.4. The minimum Gasteiger partial charge on any atom is -0.379 e. The van der Waals surface area contributed by atoms with E-state index >= 15 is 0 Å². The van der Waals surface area contributed by atoms with E-state index in [9.17, 15) is 0 Å². The highest BCUT2D eigenvalue weighted by Crippen LogP contribution is 2.38. The maximum atomic E-state index is 5.84. The molecule has 1 aromatic carbocycles. The van der Waals surface area contributed by atoms with Crippen LogP contribution in [0.2, 0.25) is 0 Å². The summed E-state index contributed by atoms with van der Waals surface area (Å²) in [6, 6.07) is 6.96. The normalized spacial score (nSPS) is 24.4. The van der Waals surface area contributed by atoms with E-state index in [1.165, 1.54) is 23.9 Å². The lowest BCUT2D eigenvalue weighted by molar-refractivity contribution is 0.0564. The van der Waals surface area contributed by atoms with Crippen LogP contribution in [0.15, 0.2) is 24.4 Å². The maximum Gasteiger partial charge on any atom is 0.0814 e. The number of benzene rings is 1. The van der Waals surface area contributed by atoms with E-state index in [1.54, 1.807) is 0 Å². The first kappa shape index (κ1) is 13.1. The minimum absolute atomic E-state index is 0.331. The smallest absolute Gasteiger partial charge is 0.0814 e. The molecule has 2 N–H and O–H groups in total. The van der Waals surface area contributed by atoms with Crippen LogP contribution in [0, 0.1) is 5.92 Å². The Kier molecular flexibility index (Phi) is 3.31. The first-order valence-corrected chi connectivity index (χ1v) is 7.80. The number of fused-ring (bicyclic) bond motifs is 1. The molecular formula is C16H22N4O. The van der Waals surface area contributed by atoms with E-state index < -0.39 is 0 Å². The zero-order valence-electron chi connectivity index (χ0n) is 12.4. The van der Waals surface area contributed by atoms with Crippen LogP contribution in [0.25, 0.3) is 10.9 Å². The quantitative estimate of drug-likeness (QED) is 0.899. The molecule has 2 atom stereocenters. The van der Waals surface area contributed by atoms with Gasteiger partial charge >= 0.3 is 0 Å². The van der Waals surface area contributed by atoms with Gasteiger partial charge in [0, 0.05) is 37.8 Å². The Morgan fingerprint density at radius 2 is 2.29 bits per heavy atom. The molecular weight excluding hydrogens is 264 g/mol. The Bertz CT molecular complexity index is 622. The summed E-state index contributed by atoms with van der Waals surface area (Å²) >= 11 is 0. The zero-order chi connectivity index (χ0) is 14.2. The summed E-state index contributed by atoms with van der Waals surface area (Å²) in [5.74, 6) is 0.736. The highest BCUT2D eigenvalue weighted by molar-refractivity contribution is 5.82. The van der Waals surface area contributed by atoms with Gasteiger partial charge in [-0.1, -0.05) is 0 Å². The summed E-state index contributed by atoms with van der Waals surface area (Å²) in [5, 5.41) is 11.8. The summed E-state index contributed by atoms with van der Waals surface area (Å²) in [5.41, 5.74) is 2.37.